The fraction of sp³-hybridized carbons (Fsp3) is 0.0714. The molecule has 38 heavy (non-hydrogen) atoms. The summed E-state index contributed by atoms with van der Waals surface area (Å²) in [6.07, 6.45) is 0. The zero-order chi connectivity index (χ0) is 26.8. The third-order valence-corrected chi connectivity index (χ3v) is 6.79. The molecular weight excluding hydrogens is 520 g/mol. The third-order valence-electron chi connectivity index (χ3n) is 6.13. The van der Waals surface area contributed by atoms with Crippen molar-refractivity contribution in [1.82, 2.24) is 20.4 Å². The van der Waals surface area contributed by atoms with Crippen LogP contribution in [0.4, 0.5) is 0 Å². The summed E-state index contributed by atoms with van der Waals surface area (Å²) >= 11 is 9.98. The lowest BCUT2D eigenvalue weighted by atomic mass is 10.0. The van der Waals surface area contributed by atoms with Gasteiger partial charge in [-0.15, -0.1) is 0 Å². The maximum absolute atomic E-state index is 12.5. The molecule has 4 amide bonds. The minimum Gasteiger partial charge on any atom is -0.353 e. The van der Waals surface area contributed by atoms with E-state index in [1.807, 2.05) is 60.7 Å². The smallest absolute Gasteiger partial charge is 0.267 e. The van der Waals surface area contributed by atoms with E-state index in [1.165, 1.54) is 0 Å². The molecule has 4 aromatic rings. The summed E-state index contributed by atoms with van der Waals surface area (Å²) in [6, 6.07) is 26.0. The van der Waals surface area contributed by atoms with Gasteiger partial charge in [0.15, 0.2) is 10.2 Å². The lowest BCUT2D eigenvalue weighted by Crippen LogP contribution is -2.36. The van der Waals surface area contributed by atoms with Crippen molar-refractivity contribution in [3.63, 3.8) is 0 Å². The van der Waals surface area contributed by atoms with Gasteiger partial charge in [-0.25, -0.2) is 9.80 Å². The highest BCUT2D eigenvalue weighted by Crippen LogP contribution is 2.22. The topological polar surface area (TPSA) is 98.8 Å². The van der Waals surface area contributed by atoms with Crippen LogP contribution in [0, 0.1) is 0 Å². The number of nitrogens with one attached hydrogen (secondary N) is 2. The molecular formula is C28H20N4O4S2. The predicted molar refractivity (Wildman–Crippen MR) is 151 cm³/mol. The quantitative estimate of drug-likeness (QED) is 0.295. The summed E-state index contributed by atoms with van der Waals surface area (Å²) in [4.78, 5) is 50.3. The number of amides is 4. The van der Waals surface area contributed by atoms with Crippen molar-refractivity contribution in [1.29, 1.82) is 0 Å². The second kappa shape index (κ2) is 10.4. The maximum Gasteiger partial charge on any atom is 0.267 e. The molecule has 2 heterocycles. The standard InChI is InChI=1S/2C14H10N2O2S/c2*17-12-8-15-14(19)16(12)13(18)11-7-3-5-9-4-1-2-6-10(9)11/h2*1-7H,8H2,(H,15,19). The van der Waals surface area contributed by atoms with Crippen LogP contribution in [0.5, 0.6) is 0 Å². The van der Waals surface area contributed by atoms with Gasteiger partial charge in [-0.05, 0) is 58.1 Å². The van der Waals surface area contributed by atoms with E-state index in [4.69, 9.17) is 24.4 Å². The Labute approximate surface area is 228 Å². The Morgan fingerprint density at radius 2 is 0.947 bits per heavy atom. The number of nitrogens with zero attached hydrogens (tertiary/aromatic N) is 2. The average Bonchev–Trinajstić information content (AvgIpc) is 3.46. The molecule has 2 aliphatic heterocycles. The molecule has 0 atom stereocenters. The Morgan fingerprint density at radius 1 is 0.579 bits per heavy atom. The van der Waals surface area contributed by atoms with Crippen LogP contribution in [0.2, 0.25) is 0 Å². The van der Waals surface area contributed by atoms with Crippen LogP contribution in [0.25, 0.3) is 21.5 Å². The minimum absolute atomic E-state index is 0.0787. The summed E-state index contributed by atoms with van der Waals surface area (Å²) in [5.41, 5.74) is 0.968. The first-order valence-corrected chi connectivity index (χ1v) is 12.4. The van der Waals surface area contributed by atoms with Crippen LogP contribution in [-0.4, -0.2) is 56.7 Å². The van der Waals surface area contributed by atoms with E-state index in [0.717, 1.165) is 31.3 Å². The molecule has 0 radical (unpaired) electrons. The lowest BCUT2D eigenvalue weighted by Gasteiger charge is -2.14. The Morgan fingerprint density at radius 3 is 1.32 bits per heavy atom. The fourth-order valence-corrected chi connectivity index (χ4v) is 4.83. The lowest BCUT2D eigenvalue weighted by molar-refractivity contribution is -0.123. The van der Waals surface area contributed by atoms with Gasteiger partial charge in [0.1, 0.15) is 0 Å². The highest BCUT2D eigenvalue weighted by Gasteiger charge is 2.33. The van der Waals surface area contributed by atoms with E-state index in [9.17, 15) is 19.2 Å². The number of fused-ring (bicyclic) bond motifs is 2. The van der Waals surface area contributed by atoms with Crippen molar-refractivity contribution < 1.29 is 19.2 Å². The first kappa shape index (κ1) is 25.1. The van der Waals surface area contributed by atoms with Crippen molar-refractivity contribution >= 4 is 79.8 Å². The number of benzene rings is 4. The van der Waals surface area contributed by atoms with Crippen molar-refractivity contribution in [2.24, 2.45) is 0 Å². The van der Waals surface area contributed by atoms with E-state index in [0.29, 0.717) is 11.1 Å². The van der Waals surface area contributed by atoms with E-state index >= 15 is 0 Å². The molecule has 6 rings (SSSR count). The monoisotopic (exact) mass is 540 g/mol. The molecule has 10 heteroatoms. The van der Waals surface area contributed by atoms with Crippen LogP contribution >= 0.6 is 24.4 Å². The average molecular weight is 541 g/mol. The van der Waals surface area contributed by atoms with Gasteiger partial charge in [-0.2, -0.15) is 0 Å². The van der Waals surface area contributed by atoms with Gasteiger partial charge in [-0.3, -0.25) is 19.2 Å². The molecule has 0 bridgehead atoms. The zero-order valence-corrected chi connectivity index (χ0v) is 21.5. The zero-order valence-electron chi connectivity index (χ0n) is 19.8. The Hall–Kier alpha value is -4.54. The van der Waals surface area contributed by atoms with Gasteiger partial charge in [-0.1, -0.05) is 72.8 Å². The van der Waals surface area contributed by atoms with Crippen molar-refractivity contribution in [3.05, 3.63) is 96.1 Å². The van der Waals surface area contributed by atoms with Gasteiger partial charge in [0.25, 0.3) is 23.6 Å². The van der Waals surface area contributed by atoms with Crippen molar-refractivity contribution in [2.45, 2.75) is 0 Å². The summed E-state index contributed by atoms with van der Waals surface area (Å²) in [5, 5.41) is 9.30. The number of rotatable bonds is 2. The predicted octanol–water partition coefficient (Wildman–Crippen LogP) is 3.39. The molecule has 0 aromatic heterocycles. The van der Waals surface area contributed by atoms with Crippen molar-refractivity contribution in [3.8, 4) is 0 Å². The van der Waals surface area contributed by atoms with E-state index in [2.05, 4.69) is 10.6 Å². The number of hydrogen-bond acceptors (Lipinski definition) is 6. The van der Waals surface area contributed by atoms with Crippen LogP contribution in [0.15, 0.2) is 84.9 Å². The second-order valence-corrected chi connectivity index (χ2v) is 9.21. The Bertz CT molecular complexity index is 1500. The molecule has 2 N–H and O–H groups in total. The van der Waals surface area contributed by atoms with Crippen LogP contribution < -0.4 is 10.6 Å². The summed E-state index contributed by atoms with van der Waals surface area (Å²) in [5.74, 6) is -1.39. The number of carbonyl (C=O) groups excluding carboxylic acids is 4. The van der Waals surface area contributed by atoms with E-state index < -0.39 is 0 Å². The largest absolute Gasteiger partial charge is 0.353 e. The number of thiocarbonyl (C=S) groups is 2. The van der Waals surface area contributed by atoms with Gasteiger partial charge in [0, 0.05) is 11.1 Å². The van der Waals surface area contributed by atoms with Gasteiger partial charge in [0.05, 0.1) is 13.1 Å². The van der Waals surface area contributed by atoms with Crippen LogP contribution in [0.1, 0.15) is 20.7 Å². The van der Waals surface area contributed by atoms with E-state index in [1.54, 1.807) is 24.3 Å². The molecule has 0 spiro atoms. The molecule has 0 unspecified atom stereocenters. The first-order valence-electron chi connectivity index (χ1n) is 11.6. The van der Waals surface area contributed by atoms with Crippen molar-refractivity contribution in [2.75, 3.05) is 13.1 Å². The Balaban J connectivity index is 0.000000155. The van der Waals surface area contributed by atoms with Crippen LogP contribution in [-0.2, 0) is 9.59 Å². The summed E-state index contributed by atoms with van der Waals surface area (Å²) in [7, 11) is 0. The van der Waals surface area contributed by atoms with E-state index in [-0.39, 0.29) is 46.9 Å². The molecule has 0 aliphatic carbocycles. The maximum atomic E-state index is 12.5. The summed E-state index contributed by atoms with van der Waals surface area (Å²) in [6.45, 7) is 0.157. The normalized spacial score (nSPS) is 14.8. The minimum atomic E-state index is -0.378. The molecule has 2 aliphatic rings. The highest BCUT2D eigenvalue weighted by molar-refractivity contribution is 7.80. The third kappa shape index (κ3) is 4.62. The highest BCUT2D eigenvalue weighted by atomic mass is 32.1. The SMILES string of the molecule is O=C1CNC(=S)N1C(=O)c1cccc2ccccc12.O=C1CNC(=S)N1C(=O)c1cccc2ccccc12. The fourth-order valence-electron chi connectivity index (χ4n) is 4.32. The van der Waals surface area contributed by atoms with Gasteiger partial charge in [0.2, 0.25) is 0 Å². The molecule has 2 fully saturated rings. The van der Waals surface area contributed by atoms with Crippen LogP contribution in [0.3, 0.4) is 0 Å². The van der Waals surface area contributed by atoms with Gasteiger partial charge >= 0.3 is 0 Å². The molecule has 0 saturated carbocycles. The first-order chi connectivity index (χ1) is 18.4. The Kier molecular flexibility index (Phi) is 6.91. The molecule has 4 aromatic carbocycles. The number of carbonyl (C=O) groups is 4. The summed E-state index contributed by atoms with van der Waals surface area (Å²) < 4.78 is 0. The van der Waals surface area contributed by atoms with Gasteiger partial charge < -0.3 is 10.6 Å². The number of hydrogen-bond donors (Lipinski definition) is 2. The number of imide groups is 2. The second-order valence-electron chi connectivity index (χ2n) is 8.44. The molecule has 2 saturated heterocycles. The molecule has 188 valence electrons. The molecule has 8 nitrogen and oxygen atoms in total.